The molecule has 7 nitrogen and oxygen atoms in total. The molecule has 5 rings (SSSR count). The first-order valence-electron chi connectivity index (χ1n) is 9.49. The van der Waals surface area contributed by atoms with Gasteiger partial charge in [0.15, 0.2) is 17.3 Å². The number of aromatic nitrogens is 3. The summed E-state index contributed by atoms with van der Waals surface area (Å²) in [5.74, 6) is 2.10. The molecule has 30 heavy (non-hydrogen) atoms. The van der Waals surface area contributed by atoms with Crippen molar-refractivity contribution in [1.29, 1.82) is 0 Å². The maximum absolute atomic E-state index is 12.6. The van der Waals surface area contributed by atoms with Crippen LogP contribution in [0.1, 0.15) is 15.2 Å². The van der Waals surface area contributed by atoms with Gasteiger partial charge in [0.2, 0.25) is 0 Å². The summed E-state index contributed by atoms with van der Waals surface area (Å²) in [5, 5.41) is 7.15. The van der Waals surface area contributed by atoms with E-state index in [2.05, 4.69) is 15.4 Å². The molecule has 1 aromatic carbocycles. The first-order valence-corrected chi connectivity index (χ1v) is 10.3. The van der Waals surface area contributed by atoms with E-state index in [1.807, 2.05) is 54.7 Å². The largest absolute Gasteiger partial charge is 0.486 e. The fourth-order valence-electron chi connectivity index (χ4n) is 3.18. The maximum Gasteiger partial charge on any atom is 0.261 e. The standard InChI is InChI=1S/C22H18N4O3S/c27-22(24-14-15-6-8-23-21(12-15)26-9-1-7-25-26)20-5-4-19(30-20)16-2-3-17-18(13-16)29-11-10-28-17/h1-9,12-13H,10-11,14H2,(H,24,27). The second-order valence-electron chi connectivity index (χ2n) is 6.68. The Kier molecular flexibility index (Phi) is 4.90. The molecule has 1 aliphatic rings. The van der Waals surface area contributed by atoms with E-state index in [-0.39, 0.29) is 5.91 Å². The molecule has 3 aromatic heterocycles. The van der Waals surface area contributed by atoms with Gasteiger partial charge >= 0.3 is 0 Å². The zero-order valence-corrected chi connectivity index (χ0v) is 16.8. The van der Waals surface area contributed by atoms with Crippen molar-refractivity contribution in [3.8, 4) is 27.8 Å². The van der Waals surface area contributed by atoms with Gasteiger partial charge in [-0.1, -0.05) is 0 Å². The number of hydrogen-bond acceptors (Lipinski definition) is 6. The molecule has 1 aliphatic heterocycles. The van der Waals surface area contributed by atoms with Gasteiger partial charge in [-0.2, -0.15) is 5.10 Å². The molecule has 0 unspecified atom stereocenters. The number of ether oxygens (including phenoxy) is 2. The van der Waals surface area contributed by atoms with Crippen molar-refractivity contribution in [3.05, 3.63) is 77.6 Å². The molecule has 0 bridgehead atoms. The number of carbonyl (C=O) groups is 1. The Hall–Kier alpha value is -3.65. The molecule has 4 heterocycles. The van der Waals surface area contributed by atoms with Crippen LogP contribution in [0.15, 0.2) is 67.1 Å². The Labute approximate surface area is 176 Å². The van der Waals surface area contributed by atoms with Crippen LogP contribution in [0.5, 0.6) is 11.5 Å². The SMILES string of the molecule is O=C(NCc1ccnc(-n2cccn2)c1)c1ccc(-c2ccc3c(c2)OCCO3)s1. The molecule has 1 amide bonds. The number of thiophene rings is 1. The van der Waals surface area contributed by atoms with E-state index in [4.69, 9.17) is 9.47 Å². The van der Waals surface area contributed by atoms with E-state index in [0.717, 1.165) is 27.5 Å². The van der Waals surface area contributed by atoms with Crippen LogP contribution in [0, 0.1) is 0 Å². The topological polar surface area (TPSA) is 78.3 Å². The molecule has 150 valence electrons. The van der Waals surface area contributed by atoms with Crippen molar-refractivity contribution in [2.75, 3.05) is 13.2 Å². The average Bonchev–Trinajstić information content (AvgIpc) is 3.50. The van der Waals surface area contributed by atoms with E-state index < -0.39 is 0 Å². The van der Waals surface area contributed by atoms with Crippen molar-refractivity contribution in [2.24, 2.45) is 0 Å². The molecule has 0 aliphatic carbocycles. The minimum absolute atomic E-state index is 0.110. The Morgan fingerprint density at radius 3 is 2.83 bits per heavy atom. The van der Waals surface area contributed by atoms with Gasteiger partial charge in [-0.05, 0) is 59.7 Å². The molecule has 0 atom stereocenters. The Morgan fingerprint density at radius 1 is 1.07 bits per heavy atom. The van der Waals surface area contributed by atoms with Gasteiger partial charge in [0, 0.05) is 30.0 Å². The number of rotatable bonds is 5. The average molecular weight is 418 g/mol. The molecule has 1 N–H and O–H groups in total. The number of nitrogens with zero attached hydrogens (tertiary/aromatic N) is 3. The normalized spacial score (nSPS) is 12.5. The third kappa shape index (κ3) is 3.77. The predicted molar refractivity (Wildman–Crippen MR) is 113 cm³/mol. The zero-order chi connectivity index (χ0) is 20.3. The fraction of sp³-hybridized carbons (Fsp3) is 0.136. The smallest absolute Gasteiger partial charge is 0.261 e. The second-order valence-corrected chi connectivity index (χ2v) is 7.76. The van der Waals surface area contributed by atoms with Gasteiger partial charge < -0.3 is 14.8 Å². The number of carbonyl (C=O) groups excluding carboxylic acids is 1. The third-order valence-corrected chi connectivity index (χ3v) is 5.79. The summed E-state index contributed by atoms with van der Waals surface area (Å²) in [6, 6.07) is 15.3. The quantitative estimate of drug-likeness (QED) is 0.535. The molecule has 0 radical (unpaired) electrons. The van der Waals surface area contributed by atoms with Crippen molar-refractivity contribution < 1.29 is 14.3 Å². The lowest BCUT2D eigenvalue weighted by atomic mass is 10.1. The molecular weight excluding hydrogens is 400 g/mol. The highest BCUT2D eigenvalue weighted by Gasteiger charge is 2.15. The Bertz CT molecular complexity index is 1190. The van der Waals surface area contributed by atoms with Crippen LogP contribution in [-0.2, 0) is 6.54 Å². The molecule has 0 saturated carbocycles. The monoisotopic (exact) mass is 418 g/mol. The van der Waals surface area contributed by atoms with Crippen LogP contribution in [0.25, 0.3) is 16.3 Å². The first-order chi connectivity index (χ1) is 14.8. The van der Waals surface area contributed by atoms with E-state index in [0.29, 0.717) is 30.5 Å². The summed E-state index contributed by atoms with van der Waals surface area (Å²) in [5.41, 5.74) is 1.95. The van der Waals surface area contributed by atoms with Crippen molar-refractivity contribution in [1.82, 2.24) is 20.1 Å². The summed E-state index contributed by atoms with van der Waals surface area (Å²) >= 11 is 1.45. The van der Waals surface area contributed by atoms with Crippen molar-refractivity contribution in [3.63, 3.8) is 0 Å². The lowest BCUT2D eigenvalue weighted by Crippen LogP contribution is -2.21. The van der Waals surface area contributed by atoms with Crippen molar-refractivity contribution >= 4 is 17.2 Å². The van der Waals surface area contributed by atoms with Gasteiger partial charge in [-0.15, -0.1) is 11.3 Å². The van der Waals surface area contributed by atoms with Crippen LogP contribution in [0.4, 0.5) is 0 Å². The van der Waals surface area contributed by atoms with E-state index in [1.54, 1.807) is 17.1 Å². The first kappa shape index (κ1) is 18.4. The number of hydrogen-bond donors (Lipinski definition) is 1. The lowest BCUT2D eigenvalue weighted by Gasteiger charge is -2.18. The van der Waals surface area contributed by atoms with Gasteiger partial charge in [0.1, 0.15) is 13.2 Å². The number of nitrogens with one attached hydrogen (secondary N) is 1. The van der Waals surface area contributed by atoms with Crippen LogP contribution in [-0.4, -0.2) is 33.9 Å². The molecule has 8 heteroatoms. The minimum atomic E-state index is -0.110. The highest BCUT2D eigenvalue weighted by atomic mass is 32.1. The molecule has 0 fully saturated rings. The van der Waals surface area contributed by atoms with Gasteiger partial charge in [-0.3, -0.25) is 4.79 Å². The highest BCUT2D eigenvalue weighted by molar-refractivity contribution is 7.17. The summed E-state index contributed by atoms with van der Waals surface area (Å²) in [6.45, 7) is 1.52. The van der Waals surface area contributed by atoms with Crippen LogP contribution >= 0.6 is 11.3 Å². The van der Waals surface area contributed by atoms with Gasteiger partial charge in [0.25, 0.3) is 5.91 Å². The van der Waals surface area contributed by atoms with Crippen LogP contribution < -0.4 is 14.8 Å². The van der Waals surface area contributed by atoms with Crippen LogP contribution in [0.3, 0.4) is 0 Å². The predicted octanol–water partition coefficient (Wildman–Crippen LogP) is 3.70. The fourth-order valence-corrected chi connectivity index (χ4v) is 4.10. The summed E-state index contributed by atoms with van der Waals surface area (Å²) in [4.78, 5) is 18.6. The molecule has 0 saturated heterocycles. The maximum atomic E-state index is 12.6. The van der Waals surface area contributed by atoms with Crippen LogP contribution in [0.2, 0.25) is 0 Å². The summed E-state index contributed by atoms with van der Waals surface area (Å²) in [6.07, 6.45) is 5.24. The Balaban J connectivity index is 1.27. The highest BCUT2D eigenvalue weighted by Crippen LogP contribution is 2.36. The third-order valence-electron chi connectivity index (χ3n) is 4.66. The molecule has 0 spiro atoms. The number of amides is 1. The summed E-state index contributed by atoms with van der Waals surface area (Å²) in [7, 11) is 0. The van der Waals surface area contributed by atoms with E-state index in [9.17, 15) is 4.79 Å². The number of fused-ring (bicyclic) bond motifs is 1. The second kappa shape index (κ2) is 8.00. The Morgan fingerprint density at radius 2 is 1.97 bits per heavy atom. The van der Waals surface area contributed by atoms with E-state index >= 15 is 0 Å². The number of pyridine rings is 1. The van der Waals surface area contributed by atoms with Gasteiger partial charge in [0.05, 0.1) is 4.88 Å². The summed E-state index contributed by atoms with van der Waals surface area (Å²) < 4.78 is 12.9. The molecular formula is C22H18N4O3S. The van der Waals surface area contributed by atoms with Gasteiger partial charge in [-0.25, -0.2) is 9.67 Å². The molecule has 4 aromatic rings. The lowest BCUT2D eigenvalue weighted by molar-refractivity contribution is 0.0955. The number of benzene rings is 1. The van der Waals surface area contributed by atoms with Crippen molar-refractivity contribution in [2.45, 2.75) is 6.54 Å². The zero-order valence-electron chi connectivity index (χ0n) is 15.9. The minimum Gasteiger partial charge on any atom is -0.486 e. The van der Waals surface area contributed by atoms with E-state index in [1.165, 1.54) is 11.3 Å².